The third-order valence-electron chi connectivity index (χ3n) is 4.21. The van der Waals surface area contributed by atoms with Crippen molar-refractivity contribution in [3.63, 3.8) is 0 Å². The summed E-state index contributed by atoms with van der Waals surface area (Å²) in [7, 11) is 3.45. The van der Waals surface area contributed by atoms with Gasteiger partial charge in [0, 0.05) is 24.2 Å². The van der Waals surface area contributed by atoms with Gasteiger partial charge in [-0.1, -0.05) is 23.7 Å². The maximum absolute atomic E-state index is 12.3. The summed E-state index contributed by atoms with van der Waals surface area (Å²) in [6.07, 6.45) is 0. The Balaban J connectivity index is 1.71. The summed E-state index contributed by atoms with van der Waals surface area (Å²) >= 11 is 5.92. The average Bonchev–Trinajstić information content (AvgIpc) is 2.86. The van der Waals surface area contributed by atoms with Crippen molar-refractivity contribution in [3.8, 4) is 0 Å². The van der Waals surface area contributed by atoms with E-state index in [2.05, 4.69) is 5.32 Å². The van der Waals surface area contributed by atoms with Crippen LogP contribution in [0.25, 0.3) is 0 Å². The zero-order chi connectivity index (χ0) is 18.8. The van der Waals surface area contributed by atoms with E-state index in [1.54, 1.807) is 31.3 Å². The van der Waals surface area contributed by atoms with Gasteiger partial charge in [-0.2, -0.15) is 0 Å². The SMILES string of the molecule is CNC(=O)c1ccc(CN(C)CN2C(=O)C(=O)c3cc(Cl)ccc32)cc1. The van der Waals surface area contributed by atoms with Crippen LogP contribution in [0.4, 0.5) is 5.69 Å². The van der Waals surface area contributed by atoms with Crippen molar-refractivity contribution in [2.75, 3.05) is 25.7 Å². The zero-order valence-electron chi connectivity index (χ0n) is 14.5. The Labute approximate surface area is 156 Å². The minimum absolute atomic E-state index is 0.138. The molecular formula is C19H18ClN3O3. The molecule has 1 N–H and O–H groups in total. The molecule has 0 spiro atoms. The molecule has 7 heteroatoms. The summed E-state index contributed by atoms with van der Waals surface area (Å²) in [5.41, 5.74) is 2.50. The largest absolute Gasteiger partial charge is 0.355 e. The summed E-state index contributed by atoms with van der Waals surface area (Å²) in [4.78, 5) is 39.3. The molecule has 1 aliphatic heterocycles. The first kappa shape index (κ1) is 18.1. The van der Waals surface area contributed by atoms with E-state index in [9.17, 15) is 14.4 Å². The Morgan fingerprint density at radius 2 is 1.85 bits per heavy atom. The van der Waals surface area contributed by atoms with E-state index in [1.165, 1.54) is 11.0 Å². The predicted molar refractivity (Wildman–Crippen MR) is 99.4 cm³/mol. The Morgan fingerprint density at radius 1 is 1.15 bits per heavy atom. The van der Waals surface area contributed by atoms with Crippen LogP contribution in [0.1, 0.15) is 26.3 Å². The molecule has 0 radical (unpaired) electrons. The van der Waals surface area contributed by atoms with Crippen molar-refractivity contribution in [3.05, 3.63) is 64.2 Å². The summed E-state index contributed by atoms with van der Waals surface area (Å²) in [5.74, 6) is -1.23. The molecule has 26 heavy (non-hydrogen) atoms. The van der Waals surface area contributed by atoms with E-state index >= 15 is 0 Å². The van der Waals surface area contributed by atoms with Gasteiger partial charge in [-0.25, -0.2) is 0 Å². The van der Waals surface area contributed by atoms with E-state index in [0.29, 0.717) is 28.4 Å². The number of amides is 2. The lowest BCUT2D eigenvalue weighted by Crippen LogP contribution is -2.38. The lowest BCUT2D eigenvalue weighted by Gasteiger charge is -2.24. The fourth-order valence-electron chi connectivity index (χ4n) is 2.92. The van der Waals surface area contributed by atoms with Crippen molar-refractivity contribution >= 4 is 34.9 Å². The monoisotopic (exact) mass is 371 g/mol. The van der Waals surface area contributed by atoms with Gasteiger partial charge in [0.1, 0.15) is 0 Å². The van der Waals surface area contributed by atoms with Crippen molar-refractivity contribution in [2.24, 2.45) is 0 Å². The molecule has 0 saturated heterocycles. The van der Waals surface area contributed by atoms with Crippen LogP contribution < -0.4 is 10.2 Å². The topological polar surface area (TPSA) is 69.7 Å². The zero-order valence-corrected chi connectivity index (χ0v) is 15.2. The number of anilines is 1. The molecule has 6 nitrogen and oxygen atoms in total. The number of halogens is 1. The third kappa shape index (κ3) is 3.47. The molecule has 0 aliphatic carbocycles. The first-order valence-corrected chi connectivity index (χ1v) is 8.44. The molecule has 0 bridgehead atoms. The molecule has 134 valence electrons. The predicted octanol–water partition coefficient (Wildman–Crippen LogP) is 2.32. The number of carbonyl (C=O) groups is 3. The molecule has 2 amide bonds. The maximum Gasteiger partial charge on any atom is 0.300 e. The number of nitrogens with zero attached hydrogens (tertiary/aromatic N) is 2. The molecule has 2 aromatic carbocycles. The van der Waals surface area contributed by atoms with Crippen LogP contribution >= 0.6 is 11.6 Å². The van der Waals surface area contributed by atoms with Gasteiger partial charge in [0.2, 0.25) is 0 Å². The number of fused-ring (bicyclic) bond motifs is 1. The number of Topliss-reactive ketones (excluding diaryl/α,β-unsaturated/α-hetero) is 1. The number of rotatable bonds is 5. The highest BCUT2D eigenvalue weighted by molar-refractivity contribution is 6.52. The second-order valence-corrected chi connectivity index (χ2v) is 6.59. The van der Waals surface area contributed by atoms with Gasteiger partial charge in [0.25, 0.3) is 11.7 Å². The first-order chi connectivity index (χ1) is 12.4. The summed E-state index contributed by atoms with van der Waals surface area (Å²) in [6.45, 7) is 0.839. The number of nitrogens with one attached hydrogen (secondary N) is 1. The molecule has 0 fully saturated rings. The molecule has 1 aliphatic rings. The van der Waals surface area contributed by atoms with E-state index in [-0.39, 0.29) is 12.6 Å². The summed E-state index contributed by atoms with van der Waals surface area (Å²) < 4.78 is 0. The Bertz CT molecular complexity index is 880. The van der Waals surface area contributed by atoms with E-state index < -0.39 is 11.7 Å². The van der Waals surface area contributed by atoms with Gasteiger partial charge in [0.15, 0.2) is 0 Å². The number of ketones is 1. The Hall–Kier alpha value is -2.70. The van der Waals surface area contributed by atoms with Crippen molar-refractivity contribution < 1.29 is 14.4 Å². The van der Waals surface area contributed by atoms with Crippen LogP contribution in [0.15, 0.2) is 42.5 Å². The van der Waals surface area contributed by atoms with Crippen LogP contribution in [0.2, 0.25) is 5.02 Å². The number of benzene rings is 2. The molecule has 2 aromatic rings. The van der Waals surface area contributed by atoms with Crippen LogP contribution in [0.5, 0.6) is 0 Å². The van der Waals surface area contributed by atoms with Crippen LogP contribution in [0.3, 0.4) is 0 Å². The van der Waals surface area contributed by atoms with Gasteiger partial charge in [-0.05, 0) is 42.9 Å². The second kappa shape index (κ2) is 7.27. The van der Waals surface area contributed by atoms with Gasteiger partial charge in [0.05, 0.1) is 17.9 Å². The van der Waals surface area contributed by atoms with Gasteiger partial charge in [-0.3, -0.25) is 24.2 Å². The summed E-state index contributed by atoms with van der Waals surface area (Å²) in [5, 5.41) is 3.00. The smallest absolute Gasteiger partial charge is 0.300 e. The molecule has 0 atom stereocenters. The normalized spacial score (nSPS) is 13.3. The van der Waals surface area contributed by atoms with Crippen LogP contribution in [-0.2, 0) is 11.3 Å². The van der Waals surface area contributed by atoms with Gasteiger partial charge in [-0.15, -0.1) is 0 Å². The van der Waals surface area contributed by atoms with Crippen LogP contribution in [-0.4, -0.2) is 43.3 Å². The molecular weight excluding hydrogens is 354 g/mol. The molecule has 0 unspecified atom stereocenters. The van der Waals surface area contributed by atoms with E-state index in [0.717, 1.165) is 5.56 Å². The van der Waals surface area contributed by atoms with E-state index in [1.807, 2.05) is 24.1 Å². The molecule has 1 heterocycles. The third-order valence-corrected chi connectivity index (χ3v) is 4.45. The summed E-state index contributed by atoms with van der Waals surface area (Å²) in [6, 6.07) is 12.1. The Morgan fingerprint density at radius 3 is 2.50 bits per heavy atom. The van der Waals surface area contributed by atoms with E-state index in [4.69, 9.17) is 11.6 Å². The molecule has 0 saturated carbocycles. The van der Waals surface area contributed by atoms with Crippen molar-refractivity contribution in [1.29, 1.82) is 0 Å². The first-order valence-electron chi connectivity index (χ1n) is 8.06. The quantitative estimate of drug-likeness (QED) is 0.819. The minimum Gasteiger partial charge on any atom is -0.355 e. The van der Waals surface area contributed by atoms with Crippen molar-refractivity contribution in [2.45, 2.75) is 6.54 Å². The van der Waals surface area contributed by atoms with Crippen LogP contribution in [0, 0.1) is 0 Å². The second-order valence-electron chi connectivity index (χ2n) is 6.16. The highest BCUT2D eigenvalue weighted by Crippen LogP contribution is 2.31. The lowest BCUT2D eigenvalue weighted by atomic mass is 10.1. The number of hydrogen-bond donors (Lipinski definition) is 1. The minimum atomic E-state index is -0.552. The standard InChI is InChI=1S/C19H18ClN3O3/c1-21-18(25)13-5-3-12(4-6-13)10-22(2)11-23-16-8-7-14(20)9-15(16)17(24)19(23)26/h3-9H,10-11H2,1-2H3,(H,21,25). The highest BCUT2D eigenvalue weighted by atomic mass is 35.5. The van der Waals surface area contributed by atoms with Gasteiger partial charge >= 0.3 is 5.91 Å². The molecule has 0 aromatic heterocycles. The molecule has 3 rings (SSSR count). The fourth-order valence-corrected chi connectivity index (χ4v) is 3.09. The van der Waals surface area contributed by atoms with Gasteiger partial charge < -0.3 is 5.32 Å². The fraction of sp³-hybridized carbons (Fsp3) is 0.211. The Kier molecular flexibility index (Phi) is 5.06. The van der Waals surface area contributed by atoms with Crippen molar-refractivity contribution in [1.82, 2.24) is 10.2 Å². The lowest BCUT2D eigenvalue weighted by molar-refractivity contribution is -0.114. The number of carbonyl (C=O) groups excluding carboxylic acids is 3. The maximum atomic E-state index is 12.3. The number of hydrogen-bond acceptors (Lipinski definition) is 4. The average molecular weight is 372 g/mol. The highest BCUT2D eigenvalue weighted by Gasteiger charge is 2.36.